The standard InChI is InChI=1S/C23H19ClIN3O3/c1-13-20-18(27-28-22(29)14-5-7-15(24)8-6-14)3-2-4-19(20)31-21(13)23(30)26-17-11-9-16(25)10-12-17/h5-12H,2-4H2,1H3,(H,26,30)(H,28,29)/b27-18+. The first-order valence-corrected chi connectivity index (χ1v) is 11.2. The van der Waals surface area contributed by atoms with Crippen LogP contribution in [0.1, 0.15) is 50.6 Å². The quantitative estimate of drug-likeness (QED) is 0.331. The molecule has 3 aromatic rings. The molecule has 1 heterocycles. The van der Waals surface area contributed by atoms with Crippen LogP contribution in [0.5, 0.6) is 0 Å². The van der Waals surface area contributed by atoms with E-state index in [0.717, 1.165) is 33.3 Å². The molecule has 0 aliphatic heterocycles. The van der Waals surface area contributed by atoms with Gasteiger partial charge in [-0.3, -0.25) is 9.59 Å². The zero-order valence-corrected chi connectivity index (χ0v) is 19.6. The SMILES string of the molecule is Cc1c(C(=O)Nc2ccc(I)cc2)oc2c1/C(=N/NC(=O)c1ccc(Cl)cc1)CCC2. The molecule has 0 atom stereocenters. The van der Waals surface area contributed by atoms with Crippen molar-refractivity contribution < 1.29 is 14.0 Å². The zero-order valence-electron chi connectivity index (χ0n) is 16.7. The molecule has 0 spiro atoms. The molecule has 2 amide bonds. The number of carbonyl (C=O) groups excluding carboxylic acids is 2. The maximum absolute atomic E-state index is 12.8. The highest BCUT2D eigenvalue weighted by atomic mass is 127. The van der Waals surface area contributed by atoms with Crippen LogP contribution >= 0.6 is 34.2 Å². The van der Waals surface area contributed by atoms with E-state index >= 15 is 0 Å². The summed E-state index contributed by atoms with van der Waals surface area (Å²) in [5.74, 6) is 0.352. The summed E-state index contributed by atoms with van der Waals surface area (Å²) in [7, 11) is 0. The third kappa shape index (κ3) is 4.83. The lowest BCUT2D eigenvalue weighted by Crippen LogP contribution is -2.22. The maximum atomic E-state index is 12.8. The maximum Gasteiger partial charge on any atom is 0.291 e. The smallest absolute Gasteiger partial charge is 0.291 e. The summed E-state index contributed by atoms with van der Waals surface area (Å²) in [5.41, 5.74) is 5.99. The molecule has 0 unspecified atom stereocenters. The van der Waals surface area contributed by atoms with Gasteiger partial charge in [0.1, 0.15) is 5.76 Å². The largest absolute Gasteiger partial charge is 0.455 e. The summed E-state index contributed by atoms with van der Waals surface area (Å²) in [6.07, 6.45) is 2.23. The van der Waals surface area contributed by atoms with Crippen molar-refractivity contribution in [2.24, 2.45) is 5.10 Å². The molecule has 1 aliphatic rings. The van der Waals surface area contributed by atoms with Gasteiger partial charge in [-0.15, -0.1) is 0 Å². The van der Waals surface area contributed by atoms with Crippen LogP contribution in [0.4, 0.5) is 5.69 Å². The number of aryl methyl sites for hydroxylation is 1. The van der Waals surface area contributed by atoms with Crippen molar-refractivity contribution in [2.45, 2.75) is 26.2 Å². The van der Waals surface area contributed by atoms with Gasteiger partial charge in [0.05, 0.1) is 5.71 Å². The Morgan fingerprint density at radius 1 is 1.03 bits per heavy atom. The first-order valence-electron chi connectivity index (χ1n) is 9.74. The number of rotatable bonds is 4. The second-order valence-electron chi connectivity index (χ2n) is 7.18. The molecule has 6 nitrogen and oxygen atoms in total. The molecule has 31 heavy (non-hydrogen) atoms. The minimum absolute atomic E-state index is 0.266. The van der Waals surface area contributed by atoms with Crippen LogP contribution in [0.3, 0.4) is 0 Å². The molecule has 1 aromatic heterocycles. The Balaban J connectivity index is 1.55. The van der Waals surface area contributed by atoms with E-state index in [0.29, 0.717) is 28.4 Å². The number of furan rings is 1. The molecule has 8 heteroatoms. The van der Waals surface area contributed by atoms with Gasteiger partial charge in [-0.25, -0.2) is 5.43 Å². The van der Waals surface area contributed by atoms with Gasteiger partial charge in [0.15, 0.2) is 5.76 Å². The fraction of sp³-hybridized carbons (Fsp3) is 0.174. The average molecular weight is 548 g/mol. The topological polar surface area (TPSA) is 83.7 Å². The number of carbonyl (C=O) groups is 2. The molecular weight excluding hydrogens is 529 g/mol. The fourth-order valence-corrected chi connectivity index (χ4v) is 3.99. The summed E-state index contributed by atoms with van der Waals surface area (Å²) >= 11 is 8.08. The van der Waals surface area contributed by atoms with Crippen LogP contribution < -0.4 is 10.7 Å². The molecular formula is C23H19ClIN3O3. The number of fused-ring (bicyclic) bond motifs is 1. The van der Waals surface area contributed by atoms with E-state index in [-0.39, 0.29) is 17.6 Å². The van der Waals surface area contributed by atoms with Crippen molar-refractivity contribution in [1.82, 2.24) is 5.43 Å². The van der Waals surface area contributed by atoms with Crippen LogP contribution in [-0.2, 0) is 6.42 Å². The second-order valence-corrected chi connectivity index (χ2v) is 8.86. The van der Waals surface area contributed by atoms with E-state index in [9.17, 15) is 9.59 Å². The lowest BCUT2D eigenvalue weighted by Gasteiger charge is -2.13. The molecule has 0 saturated carbocycles. The molecule has 4 rings (SSSR count). The van der Waals surface area contributed by atoms with Crippen molar-refractivity contribution in [3.8, 4) is 0 Å². The van der Waals surface area contributed by atoms with E-state index in [1.165, 1.54) is 0 Å². The number of benzene rings is 2. The van der Waals surface area contributed by atoms with Gasteiger partial charge in [0, 0.05) is 37.4 Å². The first kappa shape index (κ1) is 21.6. The highest BCUT2D eigenvalue weighted by Crippen LogP contribution is 2.30. The number of amides is 2. The molecule has 1 aliphatic carbocycles. The normalized spacial score (nSPS) is 14.2. The van der Waals surface area contributed by atoms with Gasteiger partial charge < -0.3 is 9.73 Å². The van der Waals surface area contributed by atoms with Crippen LogP contribution in [0.25, 0.3) is 0 Å². The third-order valence-electron chi connectivity index (χ3n) is 5.03. The van der Waals surface area contributed by atoms with Crippen molar-refractivity contribution in [3.05, 3.63) is 85.3 Å². The van der Waals surface area contributed by atoms with Crippen LogP contribution in [0.15, 0.2) is 58.0 Å². The highest BCUT2D eigenvalue weighted by molar-refractivity contribution is 14.1. The van der Waals surface area contributed by atoms with Crippen molar-refractivity contribution >= 4 is 57.4 Å². The van der Waals surface area contributed by atoms with Gasteiger partial charge in [0.25, 0.3) is 11.8 Å². The number of hydrazone groups is 1. The van der Waals surface area contributed by atoms with Crippen LogP contribution in [-0.4, -0.2) is 17.5 Å². The minimum atomic E-state index is -0.325. The number of nitrogens with one attached hydrogen (secondary N) is 2. The van der Waals surface area contributed by atoms with Gasteiger partial charge >= 0.3 is 0 Å². The van der Waals surface area contributed by atoms with Crippen molar-refractivity contribution in [1.29, 1.82) is 0 Å². The number of hydrogen-bond acceptors (Lipinski definition) is 4. The van der Waals surface area contributed by atoms with Crippen molar-refractivity contribution in [2.75, 3.05) is 5.32 Å². The first-order chi connectivity index (χ1) is 14.9. The molecule has 0 bridgehead atoms. The number of anilines is 1. The third-order valence-corrected chi connectivity index (χ3v) is 6.00. The van der Waals surface area contributed by atoms with Gasteiger partial charge in [-0.2, -0.15) is 5.10 Å². The lowest BCUT2D eigenvalue weighted by molar-refractivity contribution is 0.0953. The average Bonchev–Trinajstić information content (AvgIpc) is 3.11. The minimum Gasteiger partial charge on any atom is -0.455 e. The summed E-state index contributed by atoms with van der Waals surface area (Å²) in [6.45, 7) is 1.84. The van der Waals surface area contributed by atoms with Crippen molar-refractivity contribution in [3.63, 3.8) is 0 Å². The van der Waals surface area contributed by atoms with E-state index in [2.05, 4.69) is 38.4 Å². The molecule has 158 valence electrons. The van der Waals surface area contributed by atoms with E-state index in [1.54, 1.807) is 24.3 Å². The monoisotopic (exact) mass is 547 g/mol. The number of hydrogen-bond donors (Lipinski definition) is 2. The summed E-state index contributed by atoms with van der Waals surface area (Å²) in [4.78, 5) is 25.2. The van der Waals surface area contributed by atoms with Crippen LogP contribution in [0, 0.1) is 10.5 Å². The Labute approximate surface area is 198 Å². The molecule has 0 radical (unpaired) electrons. The zero-order chi connectivity index (χ0) is 22.0. The Morgan fingerprint density at radius 2 is 1.74 bits per heavy atom. The fourth-order valence-electron chi connectivity index (χ4n) is 3.50. The predicted molar refractivity (Wildman–Crippen MR) is 129 cm³/mol. The Morgan fingerprint density at radius 3 is 2.45 bits per heavy atom. The molecule has 0 fully saturated rings. The summed E-state index contributed by atoms with van der Waals surface area (Å²) < 4.78 is 6.99. The second kappa shape index (κ2) is 9.23. The number of nitrogens with zero attached hydrogens (tertiary/aromatic N) is 1. The van der Waals surface area contributed by atoms with Crippen LogP contribution in [0.2, 0.25) is 5.02 Å². The van der Waals surface area contributed by atoms with E-state index in [1.807, 2.05) is 31.2 Å². The Hall–Kier alpha value is -2.65. The lowest BCUT2D eigenvalue weighted by atomic mass is 9.93. The summed E-state index contributed by atoms with van der Waals surface area (Å²) in [6, 6.07) is 14.1. The van der Waals surface area contributed by atoms with Gasteiger partial charge in [0.2, 0.25) is 0 Å². The Kier molecular flexibility index (Phi) is 6.43. The molecule has 2 aromatic carbocycles. The number of halogens is 2. The van der Waals surface area contributed by atoms with Gasteiger partial charge in [-0.05, 0) is 90.9 Å². The molecule has 2 N–H and O–H groups in total. The van der Waals surface area contributed by atoms with Gasteiger partial charge in [-0.1, -0.05) is 11.6 Å². The Bertz CT molecular complexity index is 1170. The molecule has 0 saturated heterocycles. The highest BCUT2D eigenvalue weighted by Gasteiger charge is 2.28. The van der Waals surface area contributed by atoms with E-state index < -0.39 is 0 Å². The predicted octanol–water partition coefficient (Wildman–Crippen LogP) is 5.57. The summed E-state index contributed by atoms with van der Waals surface area (Å²) in [5, 5.41) is 7.77. The van der Waals surface area contributed by atoms with E-state index in [4.69, 9.17) is 16.0 Å².